The highest BCUT2D eigenvalue weighted by molar-refractivity contribution is 5.95. The lowest BCUT2D eigenvalue weighted by molar-refractivity contribution is -0.129. The van der Waals surface area contributed by atoms with Gasteiger partial charge in [0.1, 0.15) is 11.3 Å². The van der Waals surface area contributed by atoms with E-state index in [-0.39, 0.29) is 22.9 Å². The summed E-state index contributed by atoms with van der Waals surface area (Å²) in [5.74, 6) is 0.392. The molecule has 32 heavy (non-hydrogen) atoms. The monoisotopic (exact) mass is 433 g/mol. The number of hydrogen-bond donors (Lipinski definition) is 1. The van der Waals surface area contributed by atoms with Crippen LogP contribution < -0.4 is 10.9 Å². The number of rotatable bonds is 7. The maximum atomic E-state index is 13.3. The van der Waals surface area contributed by atoms with Crippen molar-refractivity contribution in [2.45, 2.75) is 39.3 Å². The van der Waals surface area contributed by atoms with Gasteiger partial charge in [-0.2, -0.15) is 0 Å². The van der Waals surface area contributed by atoms with Gasteiger partial charge >= 0.3 is 0 Å². The minimum Gasteiger partial charge on any atom is -0.469 e. The van der Waals surface area contributed by atoms with Crippen LogP contribution in [-0.2, 0) is 37.1 Å². The number of nitrogens with zero attached hydrogens (tertiary/aromatic N) is 2. The Balaban J connectivity index is 1.60. The molecule has 7 nitrogen and oxygen atoms in total. The van der Waals surface area contributed by atoms with Gasteiger partial charge in [-0.05, 0) is 41.7 Å². The van der Waals surface area contributed by atoms with Gasteiger partial charge in [-0.25, -0.2) is 0 Å². The van der Waals surface area contributed by atoms with E-state index in [1.807, 2.05) is 42.6 Å². The highest BCUT2D eigenvalue weighted by Crippen LogP contribution is 2.21. The lowest BCUT2D eigenvalue weighted by Crippen LogP contribution is -2.41. The van der Waals surface area contributed by atoms with Crippen LogP contribution in [0.2, 0.25) is 0 Å². The summed E-state index contributed by atoms with van der Waals surface area (Å²) in [6.45, 7) is 3.28. The number of aryl methyl sites for hydroxylation is 2. The third-order valence-corrected chi connectivity index (χ3v) is 5.86. The van der Waals surface area contributed by atoms with Crippen molar-refractivity contribution in [1.29, 1.82) is 0 Å². The van der Waals surface area contributed by atoms with E-state index < -0.39 is 0 Å². The molecule has 0 spiro atoms. The molecule has 166 valence electrons. The van der Waals surface area contributed by atoms with E-state index in [0.29, 0.717) is 45.4 Å². The summed E-state index contributed by atoms with van der Waals surface area (Å²) in [4.78, 5) is 40.0. The van der Waals surface area contributed by atoms with Crippen LogP contribution in [0, 0.1) is 0 Å². The van der Waals surface area contributed by atoms with Crippen molar-refractivity contribution in [3.05, 3.63) is 93.3 Å². The highest BCUT2D eigenvalue weighted by Gasteiger charge is 2.27. The Morgan fingerprint density at radius 1 is 1.09 bits per heavy atom. The standard InChI is InChI=1S/C25H27N3O4/c1-18(29)27-14-11-22-20(16-27)17-28(13-10-19-6-3-2-4-7-19)25(31)23(22)24(30)26-12-9-21-8-5-15-32-21/h2-8,15,17H,9-14,16H2,1H3,(H,26,30). The molecule has 0 saturated carbocycles. The quantitative estimate of drug-likeness (QED) is 0.621. The fourth-order valence-electron chi connectivity index (χ4n) is 4.12. The Morgan fingerprint density at radius 2 is 1.91 bits per heavy atom. The van der Waals surface area contributed by atoms with Gasteiger partial charge in [0, 0.05) is 45.7 Å². The number of pyridine rings is 1. The van der Waals surface area contributed by atoms with E-state index >= 15 is 0 Å². The molecule has 3 aromatic rings. The van der Waals surface area contributed by atoms with E-state index in [1.165, 1.54) is 0 Å². The van der Waals surface area contributed by atoms with Crippen molar-refractivity contribution in [2.75, 3.05) is 13.1 Å². The number of benzene rings is 1. The number of hydrogen-bond acceptors (Lipinski definition) is 4. The first-order valence-electron chi connectivity index (χ1n) is 10.9. The van der Waals surface area contributed by atoms with Gasteiger partial charge in [-0.15, -0.1) is 0 Å². The number of nitrogens with one attached hydrogen (secondary N) is 1. The third kappa shape index (κ3) is 4.82. The summed E-state index contributed by atoms with van der Waals surface area (Å²) in [6.07, 6.45) is 5.13. The largest absolute Gasteiger partial charge is 0.469 e. The van der Waals surface area contributed by atoms with Gasteiger partial charge in [0.2, 0.25) is 5.91 Å². The second-order valence-corrected chi connectivity index (χ2v) is 8.02. The molecule has 1 N–H and O–H groups in total. The molecule has 4 rings (SSSR count). The van der Waals surface area contributed by atoms with E-state index in [0.717, 1.165) is 22.5 Å². The minimum atomic E-state index is -0.372. The number of aromatic nitrogens is 1. The second-order valence-electron chi connectivity index (χ2n) is 8.02. The Hall–Kier alpha value is -3.61. The molecule has 1 aliphatic heterocycles. The molecule has 0 unspecified atom stereocenters. The van der Waals surface area contributed by atoms with Gasteiger partial charge < -0.3 is 19.2 Å². The molecule has 0 aliphatic carbocycles. The van der Waals surface area contributed by atoms with Crippen molar-refractivity contribution in [1.82, 2.24) is 14.8 Å². The summed E-state index contributed by atoms with van der Waals surface area (Å²) in [6, 6.07) is 13.6. The summed E-state index contributed by atoms with van der Waals surface area (Å²) >= 11 is 0. The van der Waals surface area contributed by atoms with E-state index in [9.17, 15) is 14.4 Å². The normalized spacial score (nSPS) is 13.0. The summed E-state index contributed by atoms with van der Waals surface area (Å²) in [5.41, 5.74) is 2.63. The van der Waals surface area contributed by atoms with Crippen molar-refractivity contribution in [3.63, 3.8) is 0 Å². The molecule has 0 saturated heterocycles. The topological polar surface area (TPSA) is 84.5 Å². The van der Waals surface area contributed by atoms with Gasteiger partial charge in [0.05, 0.1) is 6.26 Å². The van der Waals surface area contributed by atoms with Crippen molar-refractivity contribution >= 4 is 11.8 Å². The fraction of sp³-hybridized carbons (Fsp3) is 0.320. The van der Waals surface area contributed by atoms with Crippen molar-refractivity contribution in [3.8, 4) is 0 Å². The van der Waals surface area contributed by atoms with Crippen molar-refractivity contribution in [2.24, 2.45) is 0 Å². The third-order valence-electron chi connectivity index (χ3n) is 5.86. The molecule has 0 bridgehead atoms. The zero-order chi connectivity index (χ0) is 22.5. The zero-order valence-electron chi connectivity index (χ0n) is 18.2. The number of fused-ring (bicyclic) bond motifs is 1. The first-order valence-corrected chi connectivity index (χ1v) is 10.9. The zero-order valence-corrected chi connectivity index (χ0v) is 18.2. The van der Waals surface area contributed by atoms with Crippen LogP contribution in [0.15, 0.2) is 64.1 Å². The predicted molar refractivity (Wildman–Crippen MR) is 120 cm³/mol. The van der Waals surface area contributed by atoms with Crippen LogP contribution in [0.4, 0.5) is 0 Å². The SMILES string of the molecule is CC(=O)N1CCc2c(cn(CCc3ccccc3)c(=O)c2C(=O)NCCc2ccco2)C1. The summed E-state index contributed by atoms with van der Waals surface area (Å²) < 4.78 is 6.92. The molecule has 3 heterocycles. The van der Waals surface area contributed by atoms with Crippen LogP contribution in [0.3, 0.4) is 0 Å². The van der Waals surface area contributed by atoms with E-state index in [1.54, 1.807) is 28.7 Å². The fourth-order valence-corrected chi connectivity index (χ4v) is 4.12. The average molecular weight is 434 g/mol. The van der Waals surface area contributed by atoms with Crippen LogP contribution >= 0.6 is 0 Å². The molecular weight excluding hydrogens is 406 g/mol. The van der Waals surface area contributed by atoms with Crippen LogP contribution in [0.1, 0.15) is 39.7 Å². The smallest absolute Gasteiger partial charge is 0.263 e. The maximum absolute atomic E-state index is 13.3. The molecule has 0 atom stereocenters. The number of carbonyl (C=O) groups is 2. The number of amides is 2. The lowest BCUT2D eigenvalue weighted by atomic mass is 9.95. The van der Waals surface area contributed by atoms with Crippen LogP contribution in [0.5, 0.6) is 0 Å². The molecule has 1 aromatic carbocycles. The van der Waals surface area contributed by atoms with Gasteiger partial charge in [-0.1, -0.05) is 30.3 Å². The molecule has 1 aliphatic rings. The first-order chi connectivity index (χ1) is 15.5. The summed E-state index contributed by atoms with van der Waals surface area (Å²) in [5, 5.41) is 2.87. The molecule has 0 fully saturated rings. The number of furan rings is 1. The number of carbonyl (C=O) groups excluding carboxylic acids is 2. The Kier molecular flexibility index (Phi) is 6.54. The van der Waals surface area contributed by atoms with Crippen LogP contribution in [0.25, 0.3) is 0 Å². The molecule has 7 heteroatoms. The molecule has 0 radical (unpaired) electrons. The summed E-state index contributed by atoms with van der Waals surface area (Å²) in [7, 11) is 0. The Labute approximate surface area is 186 Å². The van der Waals surface area contributed by atoms with Gasteiger partial charge in [-0.3, -0.25) is 14.4 Å². The Morgan fingerprint density at radius 3 is 2.62 bits per heavy atom. The van der Waals surface area contributed by atoms with E-state index in [2.05, 4.69) is 5.32 Å². The second kappa shape index (κ2) is 9.68. The van der Waals surface area contributed by atoms with Crippen LogP contribution in [-0.4, -0.2) is 34.4 Å². The lowest BCUT2D eigenvalue weighted by Gasteiger charge is -2.29. The highest BCUT2D eigenvalue weighted by atomic mass is 16.3. The maximum Gasteiger partial charge on any atom is 0.263 e. The first kappa shape index (κ1) is 21.6. The van der Waals surface area contributed by atoms with Gasteiger partial charge in [0.25, 0.3) is 11.5 Å². The molecular formula is C25H27N3O4. The average Bonchev–Trinajstić information content (AvgIpc) is 3.31. The molecule has 2 aromatic heterocycles. The predicted octanol–water partition coefficient (Wildman–Crippen LogP) is 2.56. The minimum absolute atomic E-state index is 0.0119. The van der Waals surface area contributed by atoms with Gasteiger partial charge in [0.15, 0.2) is 0 Å². The Bertz CT molecular complexity index is 1150. The molecule has 2 amide bonds. The van der Waals surface area contributed by atoms with Crippen molar-refractivity contribution < 1.29 is 14.0 Å². The van der Waals surface area contributed by atoms with E-state index in [4.69, 9.17) is 4.42 Å².